The van der Waals surface area contributed by atoms with Crippen LogP contribution >= 0.6 is 0 Å². The van der Waals surface area contributed by atoms with Gasteiger partial charge in [0.2, 0.25) is 5.91 Å². The van der Waals surface area contributed by atoms with Gasteiger partial charge in [0.05, 0.1) is 5.69 Å². The second-order valence-corrected chi connectivity index (χ2v) is 6.11. The van der Waals surface area contributed by atoms with Crippen LogP contribution in [-0.2, 0) is 4.79 Å². The minimum atomic E-state index is -0.245. The fourth-order valence-electron chi connectivity index (χ4n) is 3.02. The molecule has 1 amide bonds. The first-order valence-electron chi connectivity index (χ1n) is 7.73. The summed E-state index contributed by atoms with van der Waals surface area (Å²) in [6, 6.07) is 10.3. The maximum absolute atomic E-state index is 12.9. The Labute approximate surface area is 128 Å². The van der Waals surface area contributed by atoms with Crippen molar-refractivity contribution in [2.24, 2.45) is 5.92 Å². The lowest BCUT2D eigenvalue weighted by atomic mass is 10.1. The Morgan fingerprint density at radius 3 is 2.50 bits per heavy atom. The molecule has 2 heterocycles. The Morgan fingerprint density at radius 2 is 1.91 bits per heavy atom. The molecule has 2 aliphatic rings. The van der Waals surface area contributed by atoms with E-state index < -0.39 is 0 Å². The minimum Gasteiger partial charge on any atom is -0.342 e. The van der Waals surface area contributed by atoms with Crippen molar-refractivity contribution >= 4 is 5.91 Å². The first-order valence-corrected chi connectivity index (χ1v) is 7.73. The summed E-state index contributed by atoms with van der Waals surface area (Å²) in [7, 11) is 0. The third kappa shape index (κ3) is 2.39. The molecule has 1 aromatic heterocycles. The van der Waals surface area contributed by atoms with Gasteiger partial charge in [-0.05, 0) is 54.7 Å². The van der Waals surface area contributed by atoms with Crippen LogP contribution in [0.15, 0.2) is 42.6 Å². The van der Waals surface area contributed by atoms with Crippen LogP contribution in [0.25, 0.3) is 11.3 Å². The fourth-order valence-corrected chi connectivity index (χ4v) is 3.02. The number of rotatable bonds is 3. The molecule has 22 heavy (non-hydrogen) atoms. The minimum absolute atomic E-state index is 0.152. The molecule has 1 unspecified atom stereocenters. The molecule has 2 atom stereocenters. The number of pyridine rings is 1. The zero-order chi connectivity index (χ0) is 15.1. The number of nitrogens with zero attached hydrogens (tertiary/aromatic N) is 2. The van der Waals surface area contributed by atoms with Crippen LogP contribution in [0.1, 0.15) is 24.3 Å². The van der Waals surface area contributed by atoms with Crippen molar-refractivity contribution in [3.05, 3.63) is 54.0 Å². The molecule has 0 N–H and O–H groups in total. The summed E-state index contributed by atoms with van der Waals surface area (Å²) in [5.74, 6) is 0.534. The van der Waals surface area contributed by atoms with E-state index in [0.717, 1.165) is 42.8 Å². The van der Waals surface area contributed by atoms with E-state index in [1.165, 1.54) is 12.1 Å². The SMILES string of the molecule is O=C([C@H]1CC1c1ccc(-c2ccc(F)cc2)nc1)N1CCC1. The molecular formula is C18H17FN2O. The second-order valence-electron chi connectivity index (χ2n) is 6.11. The monoisotopic (exact) mass is 296 g/mol. The Bertz CT molecular complexity index is 692. The molecule has 112 valence electrons. The van der Waals surface area contributed by atoms with E-state index in [-0.39, 0.29) is 11.7 Å². The van der Waals surface area contributed by atoms with Gasteiger partial charge in [0.15, 0.2) is 0 Å². The molecule has 2 fully saturated rings. The lowest BCUT2D eigenvalue weighted by molar-refractivity contribution is -0.136. The van der Waals surface area contributed by atoms with E-state index in [4.69, 9.17) is 0 Å². The summed E-state index contributed by atoms with van der Waals surface area (Å²) < 4.78 is 12.9. The standard InChI is InChI=1S/C18H17FN2O/c19-14-5-2-12(3-6-14)17-7-4-13(11-20-17)15-10-16(15)18(22)21-8-1-9-21/h2-7,11,15-16H,1,8-10H2/t15?,16-/m0/s1. The average molecular weight is 296 g/mol. The highest BCUT2D eigenvalue weighted by molar-refractivity contribution is 5.83. The molecule has 1 aliphatic carbocycles. The Balaban J connectivity index is 1.46. The van der Waals surface area contributed by atoms with E-state index in [9.17, 15) is 9.18 Å². The van der Waals surface area contributed by atoms with Crippen LogP contribution in [0, 0.1) is 11.7 Å². The molecule has 0 bridgehead atoms. The third-order valence-electron chi connectivity index (χ3n) is 4.63. The molecular weight excluding hydrogens is 279 g/mol. The highest BCUT2D eigenvalue weighted by Crippen LogP contribution is 2.48. The Hall–Kier alpha value is -2.23. The molecule has 1 saturated carbocycles. The molecule has 0 radical (unpaired) electrons. The number of aromatic nitrogens is 1. The van der Waals surface area contributed by atoms with Crippen molar-refractivity contribution in [3.63, 3.8) is 0 Å². The average Bonchev–Trinajstić information content (AvgIpc) is 3.27. The van der Waals surface area contributed by atoms with Crippen molar-refractivity contribution < 1.29 is 9.18 Å². The van der Waals surface area contributed by atoms with Gasteiger partial charge in [-0.2, -0.15) is 0 Å². The van der Waals surface area contributed by atoms with Crippen LogP contribution < -0.4 is 0 Å². The number of halogens is 1. The smallest absolute Gasteiger partial charge is 0.226 e. The number of carbonyl (C=O) groups excluding carboxylic acids is 1. The van der Waals surface area contributed by atoms with Crippen LogP contribution in [-0.4, -0.2) is 28.9 Å². The van der Waals surface area contributed by atoms with Gasteiger partial charge in [0, 0.05) is 30.8 Å². The zero-order valence-electron chi connectivity index (χ0n) is 12.2. The largest absolute Gasteiger partial charge is 0.342 e. The highest BCUT2D eigenvalue weighted by Gasteiger charge is 2.46. The van der Waals surface area contributed by atoms with Crippen LogP contribution in [0.3, 0.4) is 0 Å². The summed E-state index contributed by atoms with van der Waals surface area (Å²) >= 11 is 0. The van der Waals surface area contributed by atoms with Crippen molar-refractivity contribution in [1.29, 1.82) is 0 Å². The number of hydrogen-bond acceptors (Lipinski definition) is 2. The van der Waals surface area contributed by atoms with Gasteiger partial charge in [0.25, 0.3) is 0 Å². The maximum atomic E-state index is 12.9. The Morgan fingerprint density at radius 1 is 1.14 bits per heavy atom. The van der Waals surface area contributed by atoms with E-state index >= 15 is 0 Å². The first kappa shape index (κ1) is 13.4. The molecule has 1 aromatic carbocycles. The summed E-state index contributed by atoms with van der Waals surface area (Å²) in [4.78, 5) is 18.6. The third-order valence-corrected chi connectivity index (χ3v) is 4.63. The van der Waals surface area contributed by atoms with Crippen molar-refractivity contribution in [1.82, 2.24) is 9.88 Å². The first-order chi connectivity index (χ1) is 10.7. The molecule has 3 nitrogen and oxygen atoms in total. The molecule has 1 saturated heterocycles. The van der Waals surface area contributed by atoms with Crippen LogP contribution in [0.5, 0.6) is 0 Å². The molecule has 2 aromatic rings. The lowest BCUT2D eigenvalue weighted by Crippen LogP contribution is -2.43. The number of hydrogen-bond donors (Lipinski definition) is 0. The van der Waals surface area contributed by atoms with Gasteiger partial charge in [-0.3, -0.25) is 9.78 Å². The second kappa shape index (κ2) is 5.20. The number of carbonyl (C=O) groups is 1. The normalized spacial score (nSPS) is 23.0. The predicted molar refractivity (Wildman–Crippen MR) is 81.7 cm³/mol. The number of amides is 1. The van der Waals surface area contributed by atoms with Gasteiger partial charge in [-0.25, -0.2) is 4.39 Å². The maximum Gasteiger partial charge on any atom is 0.226 e. The van der Waals surface area contributed by atoms with Crippen LogP contribution in [0.2, 0.25) is 0 Å². The van der Waals surface area contributed by atoms with Gasteiger partial charge < -0.3 is 4.90 Å². The number of likely N-dealkylation sites (tertiary alicyclic amines) is 1. The highest BCUT2D eigenvalue weighted by atomic mass is 19.1. The van der Waals surface area contributed by atoms with Gasteiger partial charge in [0.1, 0.15) is 5.82 Å². The predicted octanol–water partition coefficient (Wildman–Crippen LogP) is 3.22. The Kier molecular flexibility index (Phi) is 3.17. The van der Waals surface area contributed by atoms with Crippen molar-refractivity contribution in [2.45, 2.75) is 18.8 Å². The molecule has 4 rings (SSSR count). The van der Waals surface area contributed by atoms with Crippen LogP contribution in [0.4, 0.5) is 4.39 Å². The van der Waals surface area contributed by atoms with Crippen molar-refractivity contribution in [2.75, 3.05) is 13.1 Å². The van der Waals surface area contributed by atoms with Gasteiger partial charge in [-0.1, -0.05) is 6.07 Å². The molecule has 0 spiro atoms. The summed E-state index contributed by atoms with van der Waals surface area (Å²) in [6.45, 7) is 1.84. The summed E-state index contributed by atoms with van der Waals surface area (Å²) in [6.07, 6.45) is 3.93. The molecule has 1 aliphatic heterocycles. The zero-order valence-corrected chi connectivity index (χ0v) is 12.2. The summed E-state index contributed by atoms with van der Waals surface area (Å²) in [5.41, 5.74) is 2.86. The topological polar surface area (TPSA) is 33.2 Å². The lowest BCUT2D eigenvalue weighted by Gasteiger charge is -2.31. The quantitative estimate of drug-likeness (QED) is 0.871. The number of benzene rings is 1. The van der Waals surface area contributed by atoms with Gasteiger partial charge in [-0.15, -0.1) is 0 Å². The van der Waals surface area contributed by atoms with Gasteiger partial charge >= 0.3 is 0 Å². The molecule has 4 heteroatoms. The fraction of sp³-hybridized carbons (Fsp3) is 0.333. The van der Waals surface area contributed by atoms with E-state index in [2.05, 4.69) is 4.98 Å². The summed E-state index contributed by atoms with van der Waals surface area (Å²) in [5, 5.41) is 0. The van der Waals surface area contributed by atoms with E-state index in [0.29, 0.717) is 11.8 Å². The van der Waals surface area contributed by atoms with E-state index in [1.807, 2.05) is 23.2 Å². The van der Waals surface area contributed by atoms with Crippen molar-refractivity contribution in [3.8, 4) is 11.3 Å². The van der Waals surface area contributed by atoms with E-state index in [1.54, 1.807) is 12.1 Å².